The molecule has 0 aliphatic rings. The van der Waals surface area contributed by atoms with Crippen molar-refractivity contribution >= 4 is 16.0 Å². The summed E-state index contributed by atoms with van der Waals surface area (Å²) < 4.78 is 32.7. The van der Waals surface area contributed by atoms with Gasteiger partial charge in [0.15, 0.2) is 0 Å². The molecule has 2 rings (SSSR count). The van der Waals surface area contributed by atoms with Crippen molar-refractivity contribution in [3.8, 4) is 5.75 Å². The van der Waals surface area contributed by atoms with Crippen LogP contribution in [0.25, 0.3) is 0 Å². The second kappa shape index (κ2) is 8.13. The van der Waals surface area contributed by atoms with Gasteiger partial charge in [-0.2, -0.15) is 4.72 Å². The topological polar surface area (TPSA) is 92.7 Å². The summed E-state index contributed by atoms with van der Waals surface area (Å²) in [6, 6.07) is 12.7. The van der Waals surface area contributed by atoms with Crippen molar-refractivity contribution in [2.75, 3.05) is 6.61 Å². The Morgan fingerprint density at radius 1 is 1.08 bits per heavy atom. The quantitative estimate of drug-likeness (QED) is 0.752. The molecule has 0 aromatic heterocycles. The molecule has 134 valence electrons. The fourth-order valence-electron chi connectivity index (χ4n) is 2.11. The van der Waals surface area contributed by atoms with E-state index in [0.29, 0.717) is 23.8 Å². The number of hydrogen-bond donors (Lipinski definition) is 2. The summed E-state index contributed by atoms with van der Waals surface area (Å²) in [5.41, 5.74) is 0.357. The van der Waals surface area contributed by atoms with Gasteiger partial charge < -0.3 is 9.84 Å². The van der Waals surface area contributed by atoms with Crippen molar-refractivity contribution in [3.05, 3.63) is 60.2 Å². The third-order valence-corrected chi connectivity index (χ3v) is 4.81. The van der Waals surface area contributed by atoms with E-state index in [1.165, 1.54) is 12.1 Å². The number of aliphatic carboxylic acids is 1. The van der Waals surface area contributed by atoms with Gasteiger partial charge >= 0.3 is 5.97 Å². The van der Waals surface area contributed by atoms with Gasteiger partial charge in [-0.05, 0) is 35.7 Å². The number of carboxylic acids is 1. The van der Waals surface area contributed by atoms with Crippen LogP contribution in [0.3, 0.4) is 0 Å². The van der Waals surface area contributed by atoms with Crippen molar-refractivity contribution < 1.29 is 23.1 Å². The van der Waals surface area contributed by atoms with Gasteiger partial charge in [0, 0.05) is 0 Å². The van der Waals surface area contributed by atoms with Gasteiger partial charge in [0.05, 0.1) is 11.5 Å². The van der Waals surface area contributed by atoms with Gasteiger partial charge in [-0.15, -0.1) is 0 Å². The van der Waals surface area contributed by atoms with Gasteiger partial charge in [-0.1, -0.05) is 44.2 Å². The lowest BCUT2D eigenvalue weighted by Crippen LogP contribution is -2.33. The molecule has 2 aromatic rings. The van der Waals surface area contributed by atoms with E-state index in [1.54, 1.807) is 42.5 Å². The number of carboxylic acid groups (broad SMARTS) is 1. The minimum Gasteiger partial charge on any atom is -0.493 e. The van der Waals surface area contributed by atoms with Crippen molar-refractivity contribution in [2.45, 2.75) is 24.8 Å². The first kappa shape index (κ1) is 19.0. The Bertz CT molecular complexity index is 801. The average molecular weight is 363 g/mol. The SMILES string of the molecule is CC(C)COc1ccc(S(=O)(=O)N[C@H](C(=O)O)c2ccccc2)cc1. The monoisotopic (exact) mass is 363 g/mol. The van der Waals surface area contributed by atoms with E-state index in [4.69, 9.17) is 4.74 Å². The highest BCUT2D eigenvalue weighted by Gasteiger charge is 2.26. The third-order valence-electron chi connectivity index (χ3n) is 3.37. The number of benzene rings is 2. The zero-order chi connectivity index (χ0) is 18.4. The first-order chi connectivity index (χ1) is 11.8. The first-order valence-corrected chi connectivity index (χ1v) is 9.31. The Labute approximate surface area is 147 Å². The van der Waals surface area contributed by atoms with Crippen LogP contribution >= 0.6 is 0 Å². The number of carbonyl (C=O) groups is 1. The summed E-state index contributed by atoms with van der Waals surface area (Å²) in [6.45, 7) is 4.55. The van der Waals surface area contributed by atoms with Gasteiger partial charge in [0.2, 0.25) is 10.0 Å². The van der Waals surface area contributed by atoms with Crippen LogP contribution in [0.1, 0.15) is 25.5 Å². The Hall–Kier alpha value is -2.38. The molecule has 0 radical (unpaired) electrons. The summed E-state index contributed by atoms with van der Waals surface area (Å²) in [4.78, 5) is 11.4. The maximum Gasteiger partial charge on any atom is 0.326 e. The molecule has 0 aliphatic heterocycles. The summed E-state index contributed by atoms with van der Waals surface area (Å²) in [5.74, 6) is -0.357. The third kappa shape index (κ3) is 5.30. The summed E-state index contributed by atoms with van der Waals surface area (Å²) in [7, 11) is -3.99. The van der Waals surface area contributed by atoms with Gasteiger partial charge in [-0.25, -0.2) is 8.42 Å². The fraction of sp³-hybridized carbons (Fsp3) is 0.278. The predicted octanol–water partition coefficient (Wildman–Crippen LogP) is 2.83. The van der Waals surface area contributed by atoms with E-state index in [0.717, 1.165) is 0 Å². The summed E-state index contributed by atoms with van der Waals surface area (Å²) in [6.07, 6.45) is 0. The Balaban J connectivity index is 2.18. The lowest BCUT2D eigenvalue weighted by molar-refractivity contribution is -0.139. The Morgan fingerprint density at radius 3 is 2.20 bits per heavy atom. The Kier molecular flexibility index (Phi) is 6.17. The number of nitrogens with one attached hydrogen (secondary N) is 1. The highest BCUT2D eigenvalue weighted by molar-refractivity contribution is 7.89. The van der Waals surface area contributed by atoms with E-state index in [-0.39, 0.29) is 4.90 Å². The molecule has 0 saturated carbocycles. The van der Waals surface area contributed by atoms with E-state index in [2.05, 4.69) is 4.72 Å². The molecule has 25 heavy (non-hydrogen) atoms. The zero-order valence-corrected chi connectivity index (χ0v) is 14.9. The lowest BCUT2D eigenvalue weighted by Gasteiger charge is -2.15. The lowest BCUT2D eigenvalue weighted by atomic mass is 10.1. The molecule has 0 fully saturated rings. The molecule has 0 saturated heterocycles. The van der Waals surface area contributed by atoms with Crippen LogP contribution in [0.15, 0.2) is 59.5 Å². The molecule has 0 amide bonds. The van der Waals surface area contributed by atoms with Gasteiger partial charge in [-0.3, -0.25) is 4.79 Å². The fourth-order valence-corrected chi connectivity index (χ4v) is 3.29. The highest BCUT2D eigenvalue weighted by Crippen LogP contribution is 2.20. The second-order valence-electron chi connectivity index (χ2n) is 5.98. The summed E-state index contributed by atoms with van der Waals surface area (Å²) >= 11 is 0. The highest BCUT2D eigenvalue weighted by atomic mass is 32.2. The molecule has 0 spiro atoms. The Morgan fingerprint density at radius 2 is 1.68 bits per heavy atom. The molecule has 2 N–H and O–H groups in total. The van der Waals surface area contributed by atoms with Crippen LogP contribution in [0.5, 0.6) is 5.75 Å². The number of ether oxygens (including phenoxy) is 1. The largest absolute Gasteiger partial charge is 0.493 e. The molecule has 1 atom stereocenters. The van der Waals surface area contributed by atoms with Crippen molar-refractivity contribution in [3.63, 3.8) is 0 Å². The molecular formula is C18H21NO5S. The smallest absolute Gasteiger partial charge is 0.326 e. The van der Waals surface area contributed by atoms with Crippen LogP contribution in [0, 0.1) is 5.92 Å². The zero-order valence-electron chi connectivity index (χ0n) is 14.0. The van der Waals surface area contributed by atoms with Crippen LogP contribution < -0.4 is 9.46 Å². The molecule has 2 aromatic carbocycles. The van der Waals surface area contributed by atoms with Gasteiger partial charge in [0.1, 0.15) is 11.8 Å². The van der Waals surface area contributed by atoms with E-state index in [9.17, 15) is 18.3 Å². The molecule has 0 bridgehead atoms. The normalized spacial score (nSPS) is 12.8. The molecule has 7 heteroatoms. The van der Waals surface area contributed by atoms with Crippen LogP contribution in [0.2, 0.25) is 0 Å². The standard InChI is InChI=1S/C18H21NO5S/c1-13(2)12-24-15-8-10-16(11-9-15)25(22,23)19-17(18(20)21)14-6-4-3-5-7-14/h3-11,13,17,19H,12H2,1-2H3,(H,20,21)/t17-/m0/s1. The first-order valence-electron chi connectivity index (χ1n) is 7.82. The molecule has 6 nitrogen and oxygen atoms in total. The maximum absolute atomic E-state index is 12.5. The van der Waals surface area contributed by atoms with Crippen LogP contribution in [-0.4, -0.2) is 26.1 Å². The van der Waals surface area contributed by atoms with Crippen molar-refractivity contribution in [1.82, 2.24) is 4.72 Å². The van der Waals surface area contributed by atoms with Crippen molar-refractivity contribution in [2.24, 2.45) is 5.92 Å². The minimum absolute atomic E-state index is 0.0217. The maximum atomic E-state index is 12.5. The van der Waals surface area contributed by atoms with E-state index >= 15 is 0 Å². The van der Waals surface area contributed by atoms with Gasteiger partial charge in [0.25, 0.3) is 0 Å². The molecular weight excluding hydrogens is 342 g/mol. The second-order valence-corrected chi connectivity index (χ2v) is 7.69. The van der Waals surface area contributed by atoms with Crippen LogP contribution in [0.4, 0.5) is 0 Å². The molecule has 0 aliphatic carbocycles. The molecule has 0 unspecified atom stereocenters. The predicted molar refractivity (Wildman–Crippen MR) is 93.9 cm³/mol. The van der Waals surface area contributed by atoms with Crippen LogP contribution in [-0.2, 0) is 14.8 Å². The van der Waals surface area contributed by atoms with Crippen molar-refractivity contribution in [1.29, 1.82) is 0 Å². The minimum atomic E-state index is -3.99. The average Bonchev–Trinajstić information content (AvgIpc) is 2.59. The summed E-state index contributed by atoms with van der Waals surface area (Å²) in [5, 5.41) is 9.36. The number of hydrogen-bond acceptors (Lipinski definition) is 4. The molecule has 0 heterocycles. The number of rotatable bonds is 8. The van der Waals surface area contributed by atoms with E-state index in [1.807, 2.05) is 13.8 Å². The van der Waals surface area contributed by atoms with E-state index < -0.39 is 22.0 Å². The number of sulfonamides is 1.